The SMILES string of the molecule is CCS(=O)(=O)N1CC(CC#N)(n2cc(-c3ncnc4c3ccn4[C@](C)(C(=O)OC)c3ccc4cc(OC)ccc4c3)cn2)C1. The van der Waals surface area contributed by atoms with Gasteiger partial charge in [0, 0.05) is 36.4 Å². The molecule has 44 heavy (non-hydrogen) atoms. The summed E-state index contributed by atoms with van der Waals surface area (Å²) in [7, 11) is -0.399. The van der Waals surface area contributed by atoms with Crippen LogP contribution in [-0.4, -0.2) is 76.1 Å². The van der Waals surface area contributed by atoms with E-state index in [1.165, 1.54) is 17.7 Å². The summed E-state index contributed by atoms with van der Waals surface area (Å²) in [6, 6.07) is 15.6. The van der Waals surface area contributed by atoms with Crippen LogP contribution in [0.4, 0.5) is 0 Å². The molecule has 1 aliphatic rings. The Kier molecular flexibility index (Phi) is 7.14. The Bertz CT molecular complexity index is 2060. The monoisotopic (exact) mass is 613 g/mol. The second-order valence-electron chi connectivity index (χ2n) is 11.0. The van der Waals surface area contributed by atoms with E-state index in [-0.39, 0.29) is 25.3 Å². The first-order chi connectivity index (χ1) is 21.1. The number of sulfonamides is 1. The molecule has 2 aromatic carbocycles. The number of rotatable bonds is 9. The van der Waals surface area contributed by atoms with Crippen LogP contribution < -0.4 is 4.74 Å². The Labute approximate surface area is 254 Å². The lowest BCUT2D eigenvalue weighted by molar-refractivity contribution is -0.148. The molecular weight excluding hydrogens is 582 g/mol. The van der Waals surface area contributed by atoms with Crippen LogP contribution in [0.2, 0.25) is 0 Å². The molecule has 0 N–H and O–H groups in total. The lowest BCUT2D eigenvalue weighted by atomic mass is 9.89. The van der Waals surface area contributed by atoms with Crippen LogP contribution in [-0.2, 0) is 30.6 Å². The highest BCUT2D eigenvalue weighted by Gasteiger charge is 2.50. The van der Waals surface area contributed by atoms with Crippen LogP contribution in [0.25, 0.3) is 33.1 Å². The second-order valence-corrected chi connectivity index (χ2v) is 13.3. The van der Waals surface area contributed by atoms with Gasteiger partial charge in [-0.3, -0.25) is 4.68 Å². The minimum atomic E-state index is -3.38. The maximum Gasteiger partial charge on any atom is 0.336 e. The first-order valence-electron chi connectivity index (χ1n) is 14.0. The van der Waals surface area contributed by atoms with E-state index < -0.39 is 27.1 Å². The normalized spacial score (nSPS) is 16.2. The van der Waals surface area contributed by atoms with Crippen molar-refractivity contribution >= 4 is 37.8 Å². The molecule has 5 aromatic rings. The first-order valence-corrected chi connectivity index (χ1v) is 15.6. The molecule has 0 amide bonds. The van der Waals surface area contributed by atoms with Crippen LogP contribution in [0.3, 0.4) is 0 Å². The van der Waals surface area contributed by atoms with E-state index in [1.54, 1.807) is 48.8 Å². The first kappa shape index (κ1) is 29.3. The molecule has 1 saturated heterocycles. The van der Waals surface area contributed by atoms with Gasteiger partial charge in [0.15, 0.2) is 5.54 Å². The van der Waals surface area contributed by atoms with Gasteiger partial charge in [0.1, 0.15) is 23.3 Å². The lowest BCUT2D eigenvalue weighted by Gasteiger charge is -2.47. The fourth-order valence-corrected chi connectivity index (χ4v) is 7.17. The van der Waals surface area contributed by atoms with Crippen LogP contribution in [0.15, 0.2) is 67.4 Å². The van der Waals surface area contributed by atoms with Crippen molar-refractivity contribution in [3.05, 3.63) is 72.9 Å². The van der Waals surface area contributed by atoms with Crippen molar-refractivity contribution in [2.75, 3.05) is 33.1 Å². The summed E-state index contributed by atoms with van der Waals surface area (Å²) in [6.45, 7) is 3.73. The van der Waals surface area contributed by atoms with Gasteiger partial charge in [-0.1, -0.05) is 18.2 Å². The zero-order valence-corrected chi connectivity index (χ0v) is 25.6. The minimum absolute atomic E-state index is 0.00561. The van der Waals surface area contributed by atoms with Crippen molar-refractivity contribution in [3.63, 3.8) is 0 Å². The average molecular weight is 614 g/mol. The Balaban J connectivity index is 1.41. The highest BCUT2D eigenvalue weighted by Crippen LogP contribution is 2.38. The van der Waals surface area contributed by atoms with Crippen LogP contribution in [0, 0.1) is 11.3 Å². The predicted octanol–water partition coefficient (Wildman–Crippen LogP) is 3.67. The van der Waals surface area contributed by atoms with Gasteiger partial charge in [-0.05, 0) is 54.4 Å². The van der Waals surface area contributed by atoms with E-state index >= 15 is 0 Å². The van der Waals surface area contributed by atoms with Gasteiger partial charge in [-0.15, -0.1) is 0 Å². The van der Waals surface area contributed by atoms with Crippen molar-refractivity contribution in [1.82, 2.24) is 28.6 Å². The third-order valence-electron chi connectivity index (χ3n) is 8.61. The fourth-order valence-electron chi connectivity index (χ4n) is 5.93. The van der Waals surface area contributed by atoms with E-state index in [2.05, 4.69) is 21.1 Å². The van der Waals surface area contributed by atoms with Gasteiger partial charge in [0.05, 0.1) is 44.4 Å². The predicted molar refractivity (Wildman–Crippen MR) is 163 cm³/mol. The molecule has 4 heterocycles. The number of ether oxygens (including phenoxy) is 2. The van der Waals surface area contributed by atoms with Gasteiger partial charge in [0.2, 0.25) is 10.0 Å². The zero-order valence-electron chi connectivity index (χ0n) is 24.8. The van der Waals surface area contributed by atoms with Crippen LogP contribution in [0.5, 0.6) is 5.75 Å². The third kappa shape index (κ3) is 4.49. The molecule has 0 unspecified atom stereocenters. The number of nitriles is 1. The largest absolute Gasteiger partial charge is 0.497 e. The lowest BCUT2D eigenvalue weighted by Crippen LogP contribution is -2.64. The summed E-state index contributed by atoms with van der Waals surface area (Å²) < 4.78 is 40.3. The number of hydrogen-bond acceptors (Lipinski definition) is 9. The average Bonchev–Trinajstić information content (AvgIpc) is 3.69. The zero-order chi connectivity index (χ0) is 31.3. The maximum atomic E-state index is 13.5. The molecule has 0 bridgehead atoms. The number of fused-ring (bicyclic) bond motifs is 2. The maximum absolute atomic E-state index is 13.5. The molecule has 12 nitrogen and oxygen atoms in total. The Morgan fingerprint density at radius 2 is 1.86 bits per heavy atom. The van der Waals surface area contributed by atoms with Crippen molar-refractivity contribution < 1.29 is 22.7 Å². The number of carbonyl (C=O) groups excluding carboxylic acids is 1. The topological polar surface area (TPSA) is 145 Å². The summed E-state index contributed by atoms with van der Waals surface area (Å²) in [6.07, 6.45) is 6.75. The molecular formula is C31H31N7O5S. The molecule has 6 rings (SSSR count). The van der Waals surface area contributed by atoms with E-state index in [4.69, 9.17) is 9.47 Å². The summed E-state index contributed by atoms with van der Waals surface area (Å²) in [5.74, 6) is 0.268. The molecule has 0 aliphatic carbocycles. The highest BCUT2D eigenvalue weighted by atomic mass is 32.2. The highest BCUT2D eigenvalue weighted by molar-refractivity contribution is 7.89. The third-order valence-corrected chi connectivity index (χ3v) is 10.4. The van der Waals surface area contributed by atoms with Gasteiger partial charge in [-0.25, -0.2) is 23.2 Å². The number of aromatic nitrogens is 5. The minimum Gasteiger partial charge on any atom is -0.497 e. The van der Waals surface area contributed by atoms with Crippen LogP contribution in [0.1, 0.15) is 25.8 Å². The second kappa shape index (κ2) is 10.7. The number of methoxy groups -OCH3 is 2. The van der Waals surface area contributed by atoms with Crippen molar-refractivity contribution in [3.8, 4) is 23.1 Å². The van der Waals surface area contributed by atoms with Gasteiger partial charge in [0.25, 0.3) is 0 Å². The Hall–Kier alpha value is -4.80. The van der Waals surface area contributed by atoms with E-state index in [0.29, 0.717) is 27.9 Å². The van der Waals surface area contributed by atoms with Crippen molar-refractivity contribution in [1.29, 1.82) is 5.26 Å². The van der Waals surface area contributed by atoms with Gasteiger partial charge < -0.3 is 14.0 Å². The summed E-state index contributed by atoms with van der Waals surface area (Å²) >= 11 is 0. The molecule has 13 heteroatoms. The fraction of sp³-hybridized carbons (Fsp3) is 0.323. The van der Waals surface area contributed by atoms with Crippen molar-refractivity contribution in [2.24, 2.45) is 0 Å². The van der Waals surface area contributed by atoms with E-state index in [1.807, 2.05) is 42.5 Å². The quantitative estimate of drug-likeness (QED) is 0.227. The van der Waals surface area contributed by atoms with Gasteiger partial charge >= 0.3 is 5.97 Å². The van der Waals surface area contributed by atoms with Crippen LogP contribution >= 0.6 is 0 Å². The summed E-state index contributed by atoms with van der Waals surface area (Å²) in [5.41, 5.74) is 0.448. The molecule has 0 saturated carbocycles. The number of benzene rings is 2. The smallest absolute Gasteiger partial charge is 0.336 e. The molecule has 3 aromatic heterocycles. The van der Waals surface area contributed by atoms with Crippen molar-refractivity contribution in [2.45, 2.75) is 31.3 Å². The molecule has 0 spiro atoms. The van der Waals surface area contributed by atoms with E-state index in [0.717, 1.165) is 16.5 Å². The molecule has 0 radical (unpaired) electrons. The standard InChI is InChI=1S/C31H31N7O5S/c1-5-44(40,41)36-18-31(19-36,11-12-32)38-17-23(16-35-38)27-26-10-13-37(28(26)34-20-33-27)30(2,29(39)43-4)24-8-6-22-15-25(42-3)9-7-21(22)14-24/h6-10,13-17,20H,5,11,18-19H2,1-4H3/t30-/m0/s1. The summed E-state index contributed by atoms with van der Waals surface area (Å²) in [5, 5.41) is 16.7. The number of nitrogens with zero attached hydrogens (tertiary/aromatic N) is 7. The molecule has 1 aliphatic heterocycles. The molecule has 226 valence electrons. The number of hydrogen-bond donors (Lipinski definition) is 0. The molecule has 1 atom stereocenters. The van der Waals surface area contributed by atoms with E-state index in [9.17, 15) is 18.5 Å². The Morgan fingerprint density at radius 3 is 2.57 bits per heavy atom. The van der Waals surface area contributed by atoms with Gasteiger partial charge in [-0.2, -0.15) is 14.7 Å². The molecule has 1 fully saturated rings. The number of esters is 1. The number of carbonyl (C=O) groups is 1. The Morgan fingerprint density at radius 1 is 1.11 bits per heavy atom. The summed E-state index contributed by atoms with van der Waals surface area (Å²) in [4.78, 5) is 22.6.